The maximum Gasteiger partial charge on any atom is 0.0366 e. The van der Waals surface area contributed by atoms with Crippen molar-refractivity contribution in [1.82, 2.24) is 0 Å². The summed E-state index contributed by atoms with van der Waals surface area (Å²) in [6.45, 7) is 4.44. The van der Waals surface area contributed by atoms with Gasteiger partial charge in [0.15, 0.2) is 0 Å². The number of halogens is 1. The Kier molecular flexibility index (Phi) is 3.19. The molecule has 1 aliphatic rings. The molecule has 0 aromatic carbocycles. The molecule has 11 heavy (non-hydrogen) atoms. The minimum absolute atomic E-state index is 0.664. The van der Waals surface area contributed by atoms with Gasteiger partial charge in [-0.15, -0.1) is 0 Å². The predicted octanol–water partition coefficient (Wildman–Crippen LogP) is 3.73. The normalized spacial score (nSPS) is 30.3. The van der Waals surface area contributed by atoms with E-state index in [1.165, 1.54) is 12.8 Å². The number of allylic oxidation sites excluding steroid dienone is 4. The van der Waals surface area contributed by atoms with Gasteiger partial charge in [0.2, 0.25) is 0 Å². The maximum atomic E-state index is 5.89. The van der Waals surface area contributed by atoms with Crippen LogP contribution in [0, 0.1) is 11.8 Å². The zero-order valence-corrected chi connectivity index (χ0v) is 7.93. The highest BCUT2D eigenvalue weighted by Gasteiger charge is 2.16. The monoisotopic (exact) mass is 170 g/mol. The molecule has 62 valence electrons. The fraction of sp³-hybridized carbons (Fsp3) is 0.600. The molecule has 1 aliphatic carbocycles. The van der Waals surface area contributed by atoms with Crippen molar-refractivity contribution in [3.8, 4) is 0 Å². The summed E-state index contributed by atoms with van der Waals surface area (Å²) in [4.78, 5) is 0. The van der Waals surface area contributed by atoms with Crippen molar-refractivity contribution in [1.29, 1.82) is 0 Å². The van der Waals surface area contributed by atoms with Gasteiger partial charge in [0.1, 0.15) is 0 Å². The van der Waals surface area contributed by atoms with Crippen LogP contribution in [0.3, 0.4) is 0 Å². The second-order valence-corrected chi connectivity index (χ2v) is 3.49. The van der Waals surface area contributed by atoms with Crippen LogP contribution >= 0.6 is 11.6 Å². The van der Waals surface area contributed by atoms with E-state index in [2.05, 4.69) is 26.0 Å². The third-order valence-electron chi connectivity index (χ3n) is 2.37. The Labute approximate surface area is 73.9 Å². The van der Waals surface area contributed by atoms with Crippen LogP contribution in [-0.4, -0.2) is 0 Å². The molecule has 0 nitrogen and oxygen atoms in total. The summed E-state index contributed by atoms with van der Waals surface area (Å²) in [5.41, 5.74) is 0. The highest BCUT2D eigenvalue weighted by atomic mass is 35.5. The summed E-state index contributed by atoms with van der Waals surface area (Å²) in [6, 6.07) is 0. The van der Waals surface area contributed by atoms with Crippen molar-refractivity contribution in [3.05, 3.63) is 23.3 Å². The van der Waals surface area contributed by atoms with E-state index in [0.717, 1.165) is 5.03 Å². The van der Waals surface area contributed by atoms with E-state index in [0.29, 0.717) is 11.8 Å². The molecule has 0 aromatic heterocycles. The van der Waals surface area contributed by atoms with Gasteiger partial charge in [-0.2, -0.15) is 0 Å². The molecule has 0 amide bonds. The van der Waals surface area contributed by atoms with E-state index in [1.54, 1.807) is 0 Å². The molecule has 0 aliphatic heterocycles. The lowest BCUT2D eigenvalue weighted by atomic mass is 9.85. The van der Waals surface area contributed by atoms with Crippen molar-refractivity contribution < 1.29 is 0 Å². The van der Waals surface area contributed by atoms with Crippen LogP contribution < -0.4 is 0 Å². The lowest BCUT2D eigenvalue weighted by Crippen LogP contribution is -2.11. The van der Waals surface area contributed by atoms with E-state index in [4.69, 9.17) is 11.6 Å². The largest absolute Gasteiger partial charge is 0.0847 e. The van der Waals surface area contributed by atoms with Crippen molar-refractivity contribution in [2.24, 2.45) is 11.8 Å². The molecular weight excluding hydrogens is 156 g/mol. The standard InChI is InChI=1S/C10H15Cl/c1-3-8-5-6-10(11)7-9(8)4-2/h5-9H,3-4H2,1-2H3. The zero-order valence-electron chi connectivity index (χ0n) is 7.18. The van der Waals surface area contributed by atoms with E-state index < -0.39 is 0 Å². The molecule has 0 saturated carbocycles. The predicted molar refractivity (Wildman–Crippen MR) is 50.6 cm³/mol. The number of rotatable bonds is 2. The number of hydrogen-bond donors (Lipinski definition) is 0. The molecule has 1 rings (SSSR count). The minimum Gasteiger partial charge on any atom is -0.0847 e. The van der Waals surface area contributed by atoms with Crippen LogP contribution in [0.1, 0.15) is 26.7 Å². The van der Waals surface area contributed by atoms with Gasteiger partial charge in [0, 0.05) is 5.03 Å². The second kappa shape index (κ2) is 3.96. The second-order valence-electron chi connectivity index (χ2n) is 3.05. The molecule has 2 unspecified atom stereocenters. The molecule has 0 N–H and O–H groups in total. The van der Waals surface area contributed by atoms with E-state index in [9.17, 15) is 0 Å². The third kappa shape index (κ3) is 2.10. The van der Waals surface area contributed by atoms with E-state index in [1.807, 2.05) is 6.08 Å². The van der Waals surface area contributed by atoms with Crippen LogP contribution in [0.4, 0.5) is 0 Å². The SMILES string of the molecule is CCC1C=CC(Cl)=CC1CC. The van der Waals surface area contributed by atoms with Crippen LogP contribution in [-0.2, 0) is 0 Å². The van der Waals surface area contributed by atoms with Crippen LogP contribution in [0.2, 0.25) is 0 Å². The zero-order chi connectivity index (χ0) is 8.27. The summed E-state index contributed by atoms with van der Waals surface area (Å²) >= 11 is 5.89. The molecule has 0 fully saturated rings. The van der Waals surface area contributed by atoms with Crippen LogP contribution in [0.15, 0.2) is 23.3 Å². The molecule has 1 heteroatoms. The molecule has 0 radical (unpaired) electrons. The molecule has 2 atom stereocenters. The maximum absolute atomic E-state index is 5.89. The first-order chi connectivity index (χ1) is 5.27. The van der Waals surface area contributed by atoms with Gasteiger partial charge >= 0.3 is 0 Å². The Morgan fingerprint density at radius 2 is 1.91 bits per heavy atom. The molecular formula is C10H15Cl. The summed E-state index contributed by atoms with van der Waals surface area (Å²) in [6.07, 6.45) is 8.84. The first-order valence-corrected chi connectivity index (χ1v) is 4.71. The van der Waals surface area contributed by atoms with Crippen LogP contribution in [0.5, 0.6) is 0 Å². The summed E-state index contributed by atoms with van der Waals surface area (Å²) in [5.74, 6) is 1.37. The van der Waals surface area contributed by atoms with Gasteiger partial charge < -0.3 is 0 Å². The van der Waals surface area contributed by atoms with Gasteiger partial charge in [-0.05, 0) is 30.8 Å². The lowest BCUT2D eigenvalue weighted by Gasteiger charge is -2.22. The van der Waals surface area contributed by atoms with E-state index in [-0.39, 0.29) is 0 Å². The van der Waals surface area contributed by atoms with Gasteiger partial charge in [-0.25, -0.2) is 0 Å². The first-order valence-electron chi connectivity index (χ1n) is 4.33. The third-order valence-corrected chi connectivity index (χ3v) is 2.62. The van der Waals surface area contributed by atoms with Gasteiger partial charge in [-0.3, -0.25) is 0 Å². The number of hydrogen-bond acceptors (Lipinski definition) is 0. The van der Waals surface area contributed by atoms with Crippen LogP contribution in [0.25, 0.3) is 0 Å². The quantitative estimate of drug-likeness (QED) is 0.593. The van der Waals surface area contributed by atoms with Crippen molar-refractivity contribution >= 4 is 11.6 Å². The fourth-order valence-electron chi connectivity index (χ4n) is 1.60. The average molecular weight is 171 g/mol. The topological polar surface area (TPSA) is 0 Å². The molecule has 0 heterocycles. The Bertz CT molecular complexity index is 179. The Morgan fingerprint density at radius 1 is 1.27 bits per heavy atom. The highest BCUT2D eigenvalue weighted by Crippen LogP contribution is 2.29. The van der Waals surface area contributed by atoms with Gasteiger partial charge in [0.05, 0.1) is 0 Å². The average Bonchev–Trinajstić information content (AvgIpc) is 2.04. The smallest absolute Gasteiger partial charge is 0.0366 e. The first kappa shape index (κ1) is 8.86. The molecule has 0 bridgehead atoms. The Hall–Kier alpha value is -0.230. The van der Waals surface area contributed by atoms with Gasteiger partial charge in [-0.1, -0.05) is 37.6 Å². The summed E-state index contributed by atoms with van der Waals surface area (Å²) < 4.78 is 0. The lowest BCUT2D eigenvalue weighted by molar-refractivity contribution is 0.444. The van der Waals surface area contributed by atoms with Gasteiger partial charge in [0.25, 0.3) is 0 Å². The Balaban J connectivity index is 2.66. The molecule has 0 aromatic rings. The Morgan fingerprint density at radius 3 is 2.45 bits per heavy atom. The van der Waals surface area contributed by atoms with Crippen molar-refractivity contribution in [3.63, 3.8) is 0 Å². The minimum atomic E-state index is 0.664. The highest BCUT2D eigenvalue weighted by molar-refractivity contribution is 6.31. The van der Waals surface area contributed by atoms with E-state index >= 15 is 0 Å². The molecule has 0 spiro atoms. The summed E-state index contributed by atoms with van der Waals surface area (Å²) in [5, 5.41) is 0.904. The summed E-state index contributed by atoms with van der Waals surface area (Å²) in [7, 11) is 0. The van der Waals surface area contributed by atoms with Crippen molar-refractivity contribution in [2.45, 2.75) is 26.7 Å². The molecule has 0 saturated heterocycles. The van der Waals surface area contributed by atoms with Crippen molar-refractivity contribution in [2.75, 3.05) is 0 Å². The fourth-order valence-corrected chi connectivity index (χ4v) is 1.84.